The fourth-order valence-corrected chi connectivity index (χ4v) is 2.73. The van der Waals surface area contributed by atoms with E-state index in [4.69, 9.17) is 0 Å². The van der Waals surface area contributed by atoms with Crippen LogP contribution in [0.5, 0.6) is 0 Å². The van der Waals surface area contributed by atoms with Crippen molar-refractivity contribution in [2.24, 2.45) is 0 Å². The number of halogens is 3. The van der Waals surface area contributed by atoms with Gasteiger partial charge in [-0.3, -0.25) is 4.79 Å². The molecule has 1 aromatic carbocycles. The Morgan fingerprint density at radius 3 is 2.59 bits per heavy atom. The number of hydrogen-bond acceptors (Lipinski definition) is 3. The molecule has 0 saturated heterocycles. The highest BCUT2D eigenvalue weighted by atomic mass is 32.1. The van der Waals surface area contributed by atoms with E-state index in [1.54, 1.807) is 6.20 Å². The first-order valence-electron chi connectivity index (χ1n) is 6.68. The Hall–Kier alpha value is -1.89. The van der Waals surface area contributed by atoms with Crippen molar-refractivity contribution in [2.75, 3.05) is 5.32 Å². The zero-order chi connectivity index (χ0) is 16.3. The Morgan fingerprint density at radius 1 is 1.32 bits per heavy atom. The lowest BCUT2D eigenvalue weighted by atomic mass is 10.0. The first-order valence-corrected chi connectivity index (χ1v) is 7.49. The van der Waals surface area contributed by atoms with E-state index in [2.05, 4.69) is 10.3 Å². The summed E-state index contributed by atoms with van der Waals surface area (Å²) in [5, 5.41) is 2.95. The maximum atomic E-state index is 12.9. The van der Waals surface area contributed by atoms with Crippen LogP contribution in [0.3, 0.4) is 0 Å². The Bertz CT molecular complexity index is 665. The molecule has 7 heteroatoms. The van der Waals surface area contributed by atoms with Crippen LogP contribution in [0, 0.1) is 0 Å². The lowest BCUT2D eigenvalue weighted by Gasteiger charge is -2.12. The summed E-state index contributed by atoms with van der Waals surface area (Å²) in [5.74, 6) is -0.226. The minimum absolute atomic E-state index is 0.0480. The van der Waals surface area contributed by atoms with Gasteiger partial charge in [0.05, 0.1) is 12.0 Å². The molecule has 0 unspecified atom stereocenters. The predicted molar refractivity (Wildman–Crippen MR) is 80.0 cm³/mol. The lowest BCUT2D eigenvalue weighted by molar-refractivity contribution is -0.138. The molecule has 0 aliphatic carbocycles. The number of amides is 1. The van der Waals surface area contributed by atoms with E-state index in [9.17, 15) is 18.0 Å². The van der Waals surface area contributed by atoms with Gasteiger partial charge in [-0.25, -0.2) is 4.98 Å². The number of rotatable bonds is 4. The molecule has 0 aliphatic rings. The molecule has 1 N–H and O–H groups in total. The highest BCUT2D eigenvalue weighted by Gasteiger charge is 2.33. The minimum atomic E-state index is -4.47. The molecular weight excluding hydrogens is 313 g/mol. The van der Waals surface area contributed by atoms with Gasteiger partial charge in [-0.05, 0) is 17.5 Å². The van der Waals surface area contributed by atoms with Crippen LogP contribution in [0.1, 0.15) is 35.8 Å². The van der Waals surface area contributed by atoms with Crippen molar-refractivity contribution >= 4 is 22.4 Å². The topological polar surface area (TPSA) is 42.0 Å². The van der Waals surface area contributed by atoms with Gasteiger partial charge >= 0.3 is 6.18 Å². The summed E-state index contributed by atoms with van der Waals surface area (Å²) in [4.78, 5) is 17.0. The molecule has 2 aromatic rings. The Kier molecular flexibility index (Phi) is 4.85. The molecule has 118 valence electrons. The zero-order valence-corrected chi connectivity index (χ0v) is 12.9. The molecule has 0 aliphatic heterocycles. The van der Waals surface area contributed by atoms with Crippen molar-refractivity contribution in [1.29, 1.82) is 0 Å². The fourth-order valence-electron chi connectivity index (χ4n) is 1.90. The molecule has 1 amide bonds. The summed E-state index contributed by atoms with van der Waals surface area (Å²) in [5.41, 5.74) is -0.833. The molecular formula is C15H15F3N2OS. The molecule has 3 nitrogen and oxygen atoms in total. The van der Waals surface area contributed by atoms with E-state index < -0.39 is 17.6 Å². The van der Waals surface area contributed by atoms with Crippen LogP contribution in [-0.4, -0.2) is 10.9 Å². The van der Waals surface area contributed by atoms with Crippen LogP contribution in [-0.2, 0) is 17.4 Å². The largest absolute Gasteiger partial charge is 0.416 e. The van der Waals surface area contributed by atoms with Crippen molar-refractivity contribution in [3.8, 4) is 0 Å². The molecule has 0 fully saturated rings. The minimum Gasteiger partial charge on any atom is -0.302 e. The number of benzene rings is 1. The average molecular weight is 328 g/mol. The summed E-state index contributed by atoms with van der Waals surface area (Å²) < 4.78 is 38.6. The summed E-state index contributed by atoms with van der Waals surface area (Å²) in [6, 6.07) is 5.07. The first-order chi connectivity index (χ1) is 10.3. The van der Waals surface area contributed by atoms with E-state index in [0.29, 0.717) is 5.13 Å². The third kappa shape index (κ3) is 4.07. The zero-order valence-electron chi connectivity index (χ0n) is 12.1. The van der Waals surface area contributed by atoms with Gasteiger partial charge in [0.2, 0.25) is 5.91 Å². The lowest BCUT2D eigenvalue weighted by Crippen LogP contribution is -2.17. The van der Waals surface area contributed by atoms with Crippen LogP contribution in [0.15, 0.2) is 30.5 Å². The highest BCUT2D eigenvalue weighted by Crippen LogP contribution is 2.32. The summed E-state index contributed by atoms with van der Waals surface area (Å²) in [6.07, 6.45) is -3.15. The average Bonchev–Trinajstić information content (AvgIpc) is 2.86. The number of alkyl halides is 3. The number of nitrogens with zero attached hydrogens (tertiary/aromatic N) is 1. The van der Waals surface area contributed by atoms with E-state index >= 15 is 0 Å². The maximum Gasteiger partial charge on any atom is 0.416 e. The van der Waals surface area contributed by atoms with Gasteiger partial charge in [0.1, 0.15) is 0 Å². The number of thiazole rings is 1. The van der Waals surface area contributed by atoms with Crippen LogP contribution < -0.4 is 5.32 Å². The first kappa shape index (κ1) is 16.5. The summed E-state index contributed by atoms with van der Waals surface area (Å²) in [7, 11) is 0. The smallest absolute Gasteiger partial charge is 0.302 e. The molecule has 2 rings (SSSR count). The number of carbonyl (C=O) groups is 1. The van der Waals surface area contributed by atoms with E-state index in [-0.39, 0.29) is 17.9 Å². The van der Waals surface area contributed by atoms with Crippen LogP contribution in [0.2, 0.25) is 0 Å². The van der Waals surface area contributed by atoms with Crippen LogP contribution in [0.4, 0.5) is 18.3 Å². The van der Waals surface area contributed by atoms with Crippen molar-refractivity contribution in [1.82, 2.24) is 4.98 Å². The van der Waals surface area contributed by atoms with Crippen molar-refractivity contribution in [2.45, 2.75) is 32.4 Å². The second kappa shape index (κ2) is 6.48. The normalized spacial score (nSPS) is 11.7. The molecule has 1 heterocycles. The van der Waals surface area contributed by atoms with Gasteiger partial charge in [-0.15, -0.1) is 11.3 Å². The Balaban J connectivity index is 2.09. The summed E-state index contributed by atoms with van der Waals surface area (Å²) in [6.45, 7) is 4.00. The van der Waals surface area contributed by atoms with Gasteiger partial charge in [0.15, 0.2) is 5.13 Å². The number of hydrogen-bond donors (Lipinski definition) is 1. The second-order valence-electron chi connectivity index (χ2n) is 5.10. The van der Waals surface area contributed by atoms with Gasteiger partial charge in [0, 0.05) is 11.1 Å². The second-order valence-corrected chi connectivity index (χ2v) is 6.16. The van der Waals surface area contributed by atoms with E-state index in [0.717, 1.165) is 10.9 Å². The van der Waals surface area contributed by atoms with Gasteiger partial charge in [-0.1, -0.05) is 32.0 Å². The maximum absolute atomic E-state index is 12.9. The van der Waals surface area contributed by atoms with Gasteiger partial charge < -0.3 is 5.32 Å². The molecule has 0 saturated carbocycles. The molecule has 0 spiro atoms. The van der Waals surface area contributed by atoms with Crippen molar-refractivity contribution < 1.29 is 18.0 Å². The molecule has 0 atom stereocenters. The van der Waals surface area contributed by atoms with Crippen LogP contribution in [0.25, 0.3) is 0 Å². The number of anilines is 1. The fraction of sp³-hybridized carbons (Fsp3) is 0.333. The summed E-state index contributed by atoms with van der Waals surface area (Å²) >= 11 is 1.32. The van der Waals surface area contributed by atoms with E-state index in [1.807, 2.05) is 13.8 Å². The SMILES string of the molecule is CC(C)c1cnc(NC(=O)Cc2ccccc2C(F)(F)F)s1. The van der Waals surface area contributed by atoms with E-state index in [1.165, 1.54) is 29.5 Å². The van der Waals surface area contributed by atoms with Crippen LogP contribution >= 0.6 is 11.3 Å². The Morgan fingerprint density at radius 2 is 2.00 bits per heavy atom. The van der Waals surface area contributed by atoms with Gasteiger partial charge in [-0.2, -0.15) is 13.2 Å². The standard InChI is InChI=1S/C15H15F3N2OS/c1-9(2)12-8-19-14(22-12)20-13(21)7-10-5-3-4-6-11(10)15(16,17)18/h3-6,8-9H,7H2,1-2H3,(H,19,20,21). The van der Waals surface area contributed by atoms with Gasteiger partial charge in [0.25, 0.3) is 0 Å². The quantitative estimate of drug-likeness (QED) is 0.900. The highest BCUT2D eigenvalue weighted by molar-refractivity contribution is 7.15. The van der Waals surface area contributed by atoms with Crippen molar-refractivity contribution in [3.63, 3.8) is 0 Å². The number of aromatic nitrogens is 1. The number of carbonyl (C=O) groups excluding carboxylic acids is 1. The molecule has 0 bridgehead atoms. The third-order valence-electron chi connectivity index (χ3n) is 3.01. The third-order valence-corrected chi connectivity index (χ3v) is 4.23. The molecule has 1 aromatic heterocycles. The molecule has 0 radical (unpaired) electrons. The monoisotopic (exact) mass is 328 g/mol. The van der Waals surface area contributed by atoms with Crippen molar-refractivity contribution in [3.05, 3.63) is 46.5 Å². The Labute approximate surface area is 130 Å². The molecule has 22 heavy (non-hydrogen) atoms. The number of nitrogens with one attached hydrogen (secondary N) is 1. The predicted octanol–water partition coefficient (Wildman–Crippen LogP) is 4.47.